The highest BCUT2D eigenvalue weighted by Gasteiger charge is 2.33. The second-order valence-electron chi connectivity index (χ2n) is 30.7. The molecular formula is C93H102O12. The molecule has 6 atom stereocenters. The summed E-state index contributed by atoms with van der Waals surface area (Å²) in [4.78, 5) is 0. The lowest BCUT2D eigenvalue weighted by Crippen LogP contribution is -2.22. The summed E-state index contributed by atoms with van der Waals surface area (Å²) in [6.45, 7) is 39.0. The first-order valence-corrected chi connectivity index (χ1v) is 37.1. The van der Waals surface area contributed by atoms with Gasteiger partial charge in [0.15, 0.2) is 0 Å². The Kier molecular flexibility index (Phi) is 20.9. The number of ether oxygens (including phenoxy) is 12. The molecule has 0 N–H and O–H groups in total. The topological polar surface area (TPSA) is 131 Å². The van der Waals surface area contributed by atoms with Gasteiger partial charge in [-0.1, -0.05) is 156 Å². The first-order valence-electron chi connectivity index (χ1n) is 37.1. The fourth-order valence-corrected chi connectivity index (χ4v) is 14.8. The highest BCUT2D eigenvalue weighted by molar-refractivity contribution is 6.11. The lowest BCUT2D eigenvalue weighted by atomic mass is 9.74. The van der Waals surface area contributed by atoms with Crippen molar-refractivity contribution in [2.45, 2.75) is 152 Å². The van der Waals surface area contributed by atoms with E-state index in [1.807, 2.05) is 0 Å². The van der Waals surface area contributed by atoms with E-state index in [0.717, 1.165) is 118 Å². The van der Waals surface area contributed by atoms with Gasteiger partial charge in [0.2, 0.25) is 0 Å². The maximum atomic E-state index is 6.43. The third-order valence-corrected chi connectivity index (χ3v) is 21.6. The van der Waals surface area contributed by atoms with Gasteiger partial charge in [-0.05, 0) is 238 Å². The van der Waals surface area contributed by atoms with Crippen molar-refractivity contribution in [2.24, 2.45) is 0 Å². The Balaban J connectivity index is 0.000000132. The smallest absolute Gasteiger partial charge is 0.130 e. The Bertz CT molecular complexity index is 4680. The molecule has 12 heteroatoms. The van der Waals surface area contributed by atoms with E-state index in [9.17, 15) is 0 Å². The first kappa shape index (κ1) is 72.9. The average Bonchev–Trinajstić information content (AvgIpc) is 1.36. The summed E-state index contributed by atoms with van der Waals surface area (Å²) >= 11 is 0. The molecule has 0 spiro atoms. The standard InChI is InChI=1S/C34H42O4.C30H30O4.C28H26O4.CH4/c1-21-13-27(14-22(2)31(21)37-19-29-17-35-29)33(5,6)25-9-11-26(12-10-25)34(7,8)28-15-23(3)32(24(4)16-28)38-20-30-18-36-30;1-17-9-23-11-21(5-7-27(23)19(3)29(17)33-15-25-13-31-25)22-6-8-28-20(4)30(34-16-26-14-32-26)18(2)10-24(28)12-22;1-17-11-19-7-3-5-9-23(19)25(27(17)31-15-21-13-29-21)26-24-10-6-4-8-20(24)12-18(2)28(26)32-16-22-14-30-22;/h9-16,29-30H,17-20H2,1-8H3;5-12,25-26H,13-16H2,1-4H3;3-12,21-22H,13-16H2,1-2H3;1H4. The molecule has 11 aromatic carbocycles. The predicted molar refractivity (Wildman–Crippen MR) is 423 cm³/mol. The number of hydrogen-bond acceptors (Lipinski definition) is 12. The molecule has 546 valence electrons. The zero-order chi connectivity index (χ0) is 72.3. The molecule has 0 aliphatic carbocycles. The SMILES string of the molecule is C.Cc1cc(C(C)(C)c2ccc(C(C)(C)c3cc(C)c(OCC4CO4)c(C)c3)cc2)cc(C)c1OCC1CO1.Cc1cc2cc(-c3ccc4c(C)c(OCC5CO5)c(C)cc4c3)ccc2c(C)c1OCC1CO1.Cc1cc2ccccc2c(-c2c(OCC3CO3)c(C)cc3ccccc23)c1OCC1CO1. The number of aryl methyl sites for hydroxylation is 10. The van der Waals surface area contributed by atoms with Gasteiger partial charge in [0.25, 0.3) is 0 Å². The molecule has 6 heterocycles. The monoisotopic (exact) mass is 1410 g/mol. The maximum Gasteiger partial charge on any atom is 0.130 e. The van der Waals surface area contributed by atoms with E-state index >= 15 is 0 Å². The van der Waals surface area contributed by atoms with Crippen LogP contribution in [0.1, 0.15) is 113 Å². The van der Waals surface area contributed by atoms with Crippen molar-refractivity contribution < 1.29 is 56.8 Å². The van der Waals surface area contributed by atoms with Gasteiger partial charge >= 0.3 is 0 Å². The fraction of sp³-hybridized carbons (Fsp3) is 0.376. The van der Waals surface area contributed by atoms with Crippen LogP contribution < -0.4 is 28.4 Å². The Morgan fingerprint density at radius 2 is 0.533 bits per heavy atom. The van der Waals surface area contributed by atoms with Crippen LogP contribution in [0.3, 0.4) is 0 Å². The summed E-state index contributed by atoms with van der Waals surface area (Å²) < 4.78 is 69.2. The van der Waals surface area contributed by atoms with E-state index < -0.39 is 0 Å². The van der Waals surface area contributed by atoms with Gasteiger partial charge in [0, 0.05) is 22.0 Å². The van der Waals surface area contributed by atoms with Crippen LogP contribution in [0.2, 0.25) is 0 Å². The number of epoxide rings is 6. The Labute approximate surface area is 620 Å². The second kappa shape index (κ2) is 30.1. The Morgan fingerprint density at radius 3 is 0.838 bits per heavy atom. The van der Waals surface area contributed by atoms with Crippen LogP contribution in [-0.4, -0.2) is 116 Å². The lowest BCUT2D eigenvalue weighted by molar-refractivity contribution is 0.260. The molecule has 11 aromatic rings. The Hall–Kier alpha value is -8.98. The minimum atomic E-state index is -0.131. The number of benzene rings is 11. The van der Waals surface area contributed by atoms with Gasteiger partial charge < -0.3 is 56.8 Å². The molecule has 6 unspecified atom stereocenters. The molecule has 0 radical (unpaired) electrons. The first-order chi connectivity index (χ1) is 50.1. The van der Waals surface area contributed by atoms with Gasteiger partial charge in [0.1, 0.15) is 111 Å². The van der Waals surface area contributed by atoms with Crippen LogP contribution in [0.4, 0.5) is 0 Å². The fourth-order valence-electron chi connectivity index (χ4n) is 14.8. The minimum Gasteiger partial charge on any atom is -0.490 e. The van der Waals surface area contributed by atoms with Crippen LogP contribution in [0.25, 0.3) is 65.3 Å². The summed E-state index contributed by atoms with van der Waals surface area (Å²) in [6.07, 6.45) is 1.40. The summed E-state index contributed by atoms with van der Waals surface area (Å²) in [7, 11) is 0. The van der Waals surface area contributed by atoms with E-state index in [-0.39, 0.29) is 54.9 Å². The summed E-state index contributed by atoms with van der Waals surface area (Å²) in [5, 5.41) is 9.64. The lowest BCUT2D eigenvalue weighted by Gasteiger charge is -2.31. The molecule has 105 heavy (non-hydrogen) atoms. The maximum absolute atomic E-state index is 6.43. The van der Waals surface area contributed by atoms with E-state index in [2.05, 4.69) is 255 Å². The highest BCUT2D eigenvalue weighted by Crippen LogP contribution is 2.50. The zero-order valence-corrected chi connectivity index (χ0v) is 62.9. The van der Waals surface area contributed by atoms with Crippen molar-refractivity contribution in [3.05, 3.63) is 236 Å². The van der Waals surface area contributed by atoms with Crippen molar-refractivity contribution >= 4 is 43.1 Å². The van der Waals surface area contributed by atoms with Crippen molar-refractivity contribution in [3.63, 3.8) is 0 Å². The quantitative estimate of drug-likeness (QED) is 0.0534. The van der Waals surface area contributed by atoms with Crippen molar-refractivity contribution in [1.82, 2.24) is 0 Å². The molecule has 0 bridgehead atoms. The molecule has 6 aliphatic rings. The van der Waals surface area contributed by atoms with Crippen molar-refractivity contribution in [1.29, 1.82) is 0 Å². The second-order valence-corrected chi connectivity index (χ2v) is 30.7. The van der Waals surface area contributed by atoms with Crippen LogP contribution in [-0.2, 0) is 39.3 Å². The van der Waals surface area contributed by atoms with Gasteiger partial charge in [0.05, 0.1) is 39.6 Å². The largest absolute Gasteiger partial charge is 0.490 e. The highest BCUT2D eigenvalue weighted by atomic mass is 16.6. The third-order valence-electron chi connectivity index (χ3n) is 21.6. The summed E-state index contributed by atoms with van der Waals surface area (Å²) in [5.41, 5.74) is 21.2. The van der Waals surface area contributed by atoms with Crippen molar-refractivity contribution in [2.75, 3.05) is 79.3 Å². The van der Waals surface area contributed by atoms with Crippen LogP contribution in [0.5, 0.6) is 34.5 Å². The normalized spacial score (nSPS) is 18.8. The molecule has 6 aliphatic heterocycles. The molecule has 0 aromatic heterocycles. The van der Waals surface area contributed by atoms with Crippen molar-refractivity contribution in [3.8, 4) is 56.8 Å². The summed E-state index contributed by atoms with van der Waals surface area (Å²) in [6, 6.07) is 57.6. The van der Waals surface area contributed by atoms with Gasteiger partial charge in [-0.2, -0.15) is 0 Å². The third kappa shape index (κ3) is 16.2. The van der Waals surface area contributed by atoms with E-state index in [4.69, 9.17) is 56.8 Å². The molecule has 12 nitrogen and oxygen atoms in total. The van der Waals surface area contributed by atoms with Gasteiger partial charge in [-0.15, -0.1) is 0 Å². The average molecular weight is 1410 g/mol. The summed E-state index contributed by atoms with van der Waals surface area (Å²) in [5.74, 6) is 5.75. The van der Waals surface area contributed by atoms with Crippen LogP contribution in [0, 0.1) is 69.2 Å². The molecule has 17 rings (SSSR count). The Morgan fingerprint density at radius 1 is 0.276 bits per heavy atom. The van der Waals surface area contributed by atoms with E-state index in [1.165, 1.54) is 99.1 Å². The van der Waals surface area contributed by atoms with Crippen LogP contribution in [0.15, 0.2) is 158 Å². The van der Waals surface area contributed by atoms with Gasteiger partial charge in [-0.25, -0.2) is 0 Å². The minimum absolute atomic E-state index is 0. The molecular weight excluding hydrogens is 1310 g/mol. The molecule has 6 saturated heterocycles. The molecule has 0 saturated carbocycles. The number of hydrogen-bond donors (Lipinski definition) is 0. The molecule has 0 amide bonds. The number of fused-ring (bicyclic) bond motifs is 4. The number of rotatable bonds is 24. The molecule has 6 fully saturated rings. The zero-order valence-electron chi connectivity index (χ0n) is 62.9. The predicted octanol–water partition coefficient (Wildman–Crippen LogP) is 20.0. The van der Waals surface area contributed by atoms with Gasteiger partial charge in [-0.3, -0.25) is 0 Å². The van der Waals surface area contributed by atoms with E-state index in [1.54, 1.807) is 0 Å². The van der Waals surface area contributed by atoms with E-state index in [0.29, 0.717) is 39.6 Å². The van der Waals surface area contributed by atoms with Crippen LogP contribution >= 0.6 is 0 Å².